The van der Waals surface area contributed by atoms with Crippen LogP contribution in [0, 0.1) is 0 Å². The number of carbonyl (C=O) groups excluding carboxylic acids is 1. The monoisotopic (exact) mass is 282 g/mol. The van der Waals surface area contributed by atoms with E-state index in [-0.39, 0.29) is 22.8 Å². The van der Waals surface area contributed by atoms with Crippen molar-refractivity contribution in [3.63, 3.8) is 0 Å². The predicted octanol–water partition coefficient (Wildman–Crippen LogP) is 2.81. The minimum atomic E-state index is 0. The average molecular weight is 283 g/mol. The van der Waals surface area contributed by atoms with Gasteiger partial charge in [0.25, 0.3) is 0 Å². The highest BCUT2D eigenvalue weighted by Crippen LogP contribution is 1.94. The van der Waals surface area contributed by atoms with Crippen molar-refractivity contribution in [1.29, 1.82) is 0 Å². The summed E-state index contributed by atoms with van der Waals surface area (Å²) in [6.07, 6.45) is 5.84. The second kappa shape index (κ2) is 8.85. The number of Topliss-reactive ketones (excluding diaryl/α,β-unsaturated/α-hetero) is 1. The quantitative estimate of drug-likeness (QED) is 0.921. The molecule has 0 bridgehead atoms. The fourth-order valence-corrected chi connectivity index (χ4v) is 1.06. The van der Waals surface area contributed by atoms with E-state index in [9.17, 15) is 4.79 Å². The highest BCUT2D eigenvalue weighted by molar-refractivity contribution is 8.93. The molecular weight excluding hydrogens is 268 g/mol. The first-order valence-electron chi connectivity index (χ1n) is 4.75. The van der Waals surface area contributed by atoms with Gasteiger partial charge in [-0.15, -0.1) is 17.0 Å². The van der Waals surface area contributed by atoms with Crippen molar-refractivity contribution in [2.75, 3.05) is 0 Å². The van der Waals surface area contributed by atoms with Crippen LogP contribution in [0.2, 0.25) is 0 Å². The van der Waals surface area contributed by atoms with Gasteiger partial charge in [0.2, 0.25) is 0 Å². The standard InChI is InChI=1S/C7H9NO.C5H5N.BrH/c1-6(9)5-7-3-2-4-8-7;1-2-4-6-5-3-1;/h2-4,8H,5H2,1H3;1-5H;1H. The fraction of sp³-hybridized carbons (Fsp3) is 0.167. The molecule has 0 aliphatic rings. The molecule has 0 unspecified atom stereocenters. The summed E-state index contributed by atoms with van der Waals surface area (Å²) < 4.78 is 0. The van der Waals surface area contributed by atoms with Crippen molar-refractivity contribution in [1.82, 2.24) is 9.97 Å². The van der Waals surface area contributed by atoms with Crippen LogP contribution in [-0.2, 0) is 11.2 Å². The molecule has 16 heavy (non-hydrogen) atoms. The minimum Gasteiger partial charge on any atom is -0.365 e. The molecule has 4 heteroatoms. The second-order valence-electron chi connectivity index (χ2n) is 3.10. The molecule has 0 spiro atoms. The molecule has 2 aromatic heterocycles. The van der Waals surface area contributed by atoms with Crippen LogP contribution in [0.4, 0.5) is 0 Å². The van der Waals surface area contributed by atoms with Crippen LogP contribution in [0.1, 0.15) is 12.6 Å². The van der Waals surface area contributed by atoms with Crippen molar-refractivity contribution in [2.24, 2.45) is 0 Å². The number of aromatic amines is 1. The van der Waals surface area contributed by atoms with E-state index < -0.39 is 0 Å². The Labute approximate surface area is 106 Å². The number of ketones is 1. The van der Waals surface area contributed by atoms with Crippen LogP contribution in [0.15, 0.2) is 48.9 Å². The topological polar surface area (TPSA) is 45.8 Å². The van der Waals surface area contributed by atoms with Crippen LogP contribution < -0.4 is 0 Å². The maximum Gasteiger partial charge on any atom is 0.135 e. The summed E-state index contributed by atoms with van der Waals surface area (Å²) in [6, 6.07) is 9.51. The molecule has 0 aliphatic carbocycles. The minimum absolute atomic E-state index is 0. The number of hydrogen-bond acceptors (Lipinski definition) is 2. The summed E-state index contributed by atoms with van der Waals surface area (Å²) in [5, 5.41) is 0. The first-order valence-corrected chi connectivity index (χ1v) is 4.75. The summed E-state index contributed by atoms with van der Waals surface area (Å²) >= 11 is 0. The third kappa shape index (κ3) is 6.95. The molecule has 2 rings (SSSR count). The molecule has 0 aromatic carbocycles. The van der Waals surface area contributed by atoms with Gasteiger partial charge >= 0.3 is 0 Å². The van der Waals surface area contributed by atoms with Gasteiger partial charge in [0, 0.05) is 30.7 Å². The van der Waals surface area contributed by atoms with Crippen molar-refractivity contribution < 1.29 is 4.79 Å². The number of nitrogens with zero attached hydrogens (tertiary/aromatic N) is 1. The molecular formula is C12H15BrN2O. The van der Waals surface area contributed by atoms with Crippen molar-refractivity contribution in [3.8, 4) is 0 Å². The van der Waals surface area contributed by atoms with E-state index in [4.69, 9.17) is 0 Å². The Morgan fingerprint density at radius 1 is 1.25 bits per heavy atom. The SMILES string of the molecule is Br.CC(=O)Cc1ccc[nH]1.c1ccncc1. The van der Waals surface area contributed by atoms with Crippen LogP contribution in [0.5, 0.6) is 0 Å². The van der Waals surface area contributed by atoms with Gasteiger partial charge in [-0.1, -0.05) is 6.07 Å². The zero-order valence-electron chi connectivity index (χ0n) is 9.09. The lowest BCUT2D eigenvalue weighted by Gasteiger charge is -1.87. The number of H-pyrrole nitrogens is 1. The Balaban J connectivity index is 0.000000283. The highest BCUT2D eigenvalue weighted by Gasteiger charge is 1.94. The van der Waals surface area contributed by atoms with Gasteiger partial charge in [0.1, 0.15) is 5.78 Å². The number of rotatable bonds is 2. The molecule has 0 radical (unpaired) electrons. The molecule has 0 fully saturated rings. The lowest BCUT2D eigenvalue weighted by Crippen LogP contribution is -1.95. The Kier molecular flexibility index (Phi) is 8.07. The molecule has 2 aromatic rings. The largest absolute Gasteiger partial charge is 0.365 e. The van der Waals surface area contributed by atoms with E-state index in [2.05, 4.69) is 9.97 Å². The smallest absolute Gasteiger partial charge is 0.135 e. The van der Waals surface area contributed by atoms with Crippen LogP contribution in [0.25, 0.3) is 0 Å². The van der Waals surface area contributed by atoms with Gasteiger partial charge in [-0.25, -0.2) is 0 Å². The van der Waals surface area contributed by atoms with E-state index in [1.807, 2.05) is 36.5 Å². The van der Waals surface area contributed by atoms with Gasteiger partial charge in [-0.05, 0) is 31.2 Å². The van der Waals surface area contributed by atoms with Crippen molar-refractivity contribution in [2.45, 2.75) is 13.3 Å². The van der Waals surface area contributed by atoms with Crippen molar-refractivity contribution in [3.05, 3.63) is 54.6 Å². The van der Waals surface area contributed by atoms with Crippen LogP contribution in [0.3, 0.4) is 0 Å². The van der Waals surface area contributed by atoms with E-state index in [0.29, 0.717) is 6.42 Å². The molecule has 0 saturated heterocycles. The Morgan fingerprint density at radius 3 is 2.25 bits per heavy atom. The Bertz CT molecular complexity index is 346. The zero-order chi connectivity index (χ0) is 10.9. The normalized spacial score (nSPS) is 8.31. The summed E-state index contributed by atoms with van der Waals surface area (Å²) in [6.45, 7) is 1.58. The average Bonchev–Trinajstić information content (AvgIpc) is 2.73. The summed E-state index contributed by atoms with van der Waals surface area (Å²) in [5.74, 6) is 0.192. The number of pyridine rings is 1. The third-order valence-electron chi connectivity index (χ3n) is 1.67. The van der Waals surface area contributed by atoms with Gasteiger partial charge in [-0.2, -0.15) is 0 Å². The first-order chi connectivity index (χ1) is 7.29. The molecule has 0 amide bonds. The fourth-order valence-electron chi connectivity index (χ4n) is 1.06. The van der Waals surface area contributed by atoms with E-state index >= 15 is 0 Å². The molecule has 3 nitrogen and oxygen atoms in total. The predicted molar refractivity (Wildman–Crippen MR) is 69.7 cm³/mol. The number of nitrogens with one attached hydrogen (secondary N) is 1. The van der Waals surface area contributed by atoms with Gasteiger partial charge < -0.3 is 4.98 Å². The highest BCUT2D eigenvalue weighted by atomic mass is 79.9. The van der Waals surface area contributed by atoms with Crippen molar-refractivity contribution >= 4 is 22.8 Å². The van der Waals surface area contributed by atoms with Gasteiger partial charge in [0.15, 0.2) is 0 Å². The number of halogens is 1. The Hall–Kier alpha value is -1.42. The maximum atomic E-state index is 10.5. The van der Waals surface area contributed by atoms with E-state index in [1.165, 1.54) is 0 Å². The van der Waals surface area contributed by atoms with Crippen LogP contribution in [-0.4, -0.2) is 15.8 Å². The summed E-state index contributed by atoms with van der Waals surface area (Å²) in [7, 11) is 0. The first kappa shape index (κ1) is 14.6. The van der Waals surface area contributed by atoms with Gasteiger partial charge in [0.05, 0.1) is 0 Å². The lowest BCUT2D eigenvalue weighted by atomic mass is 10.2. The Morgan fingerprint density at radius 2 is 1.94 bits per heavy atom. The number of hydrogen-bond donors (Lipinski definition) is 1. The lowest BCUT2D eigenvalue weighted by molar-refractivity contribution is -0.116. The van der Waals surface area contributed by atoms with E-state index in [1.54, 1.807) is 19.3 Å². The number of aromatic nitrogens is 2. The zero-order valence-corrected chi connectivity index (χ0v) is 10.8. The molecule has 0 aliphatic heterocycles. The van der Waals surface area contributed by atoms with Crippen LogP contribution >= 0.6 is 17.0 Å². The molecule has 1 N–H and O–H groups in total. The molecule has 2 heterocycles. The molecule has 86 valence electrons. The van der Waals surface area contributed by atoms with E-state index in [0.717, 1.165) is 5.69 Å². The summed E-state index contributed by atoms with van der Waals surface area (Å²) in [5.41, 5.74) is 0.988. The number of carbonyl (C=O) groups is 1. The maximum absolute atomic E-state index is 10.5. The third-order valence-corrected chi connectivity index (χ3v) is 1.67. The molecule has 0 atom stereocenters. The summed E-state index contributed by atoms with van der Waals surface area (Å²) in [4.78, 5) is 17.2. The molecule has 0 saturated carbocycles. The second-order valence-corrected chi connectivity index (χ2v) is 3.10. The van der Waals surface area contributed by atoms with Gasteiger partial charge in [-0.3, -0.25) is 9.78 Å².